The molecule has 0 saturated heterocycles. The van der Waals surface area contributed by atoms with Crippen LogP contribution in [0.4, 0.5) is 5.69 Å². The van der Waals surface area contributed by atoms with Crippen LogP contribution < -0.4 is 5.32 Å². The summed E-state index contributed by atoms with van der Waals surface area (Å²) in [6.07, 6.45) is 7.34. The maximum Gasteiger partial charge on any atom is 0.0632 e. The number of halogens is 3. The molecule has 108 valence electrons. The monoisotopic (exact) mass is 461 g/mol. The summed E-state index contributed by atoms with van der Waals surface area (Å²) in [6, 6.07) is 4.93. The summed E-state index contributed by atoms with van der Waals surface area (Å²) >= 11 is 11.0. The summed E-state index contributed by atoms with van der Waals surface area (Å²) in [5.74, 6) is 3.86. The highest BCUT2D eigenvalue weighted by molar-refractivity contribution is 9.11. The van der Waals surface area contributed by atoms with Crippen molar-refractivity contribution < 1.29 is 0 Å². The van der Waals surface area contributed by atoms with E-state index in [4.69, 9.17) is 0 Å². The van der Waals surface area contributed by atoms with Crippen LogP contribution in [-0.2, 0) is 0 Å². The van der Waals surface area contributed by atoms with Crippen LogP contribution in [-0.4, -0.2) is 6.04 Å². The van der Waals surface area contributed by atoms with Crippen molar-refractivity contribution in [2.75, 3.05) is 5.32 Å². The summed E-state index contributed by atoms with van der Waals surface area (Å²) in [4.78, 5) is 0. The highest BCUT2D eigenvalue weighted by Crippen LogP contribution is 2.54. The predicted octanol–water partition coefficient (Wildman–Crippen LogP) is 6.21. The van der Waals surface area contributed by atoms with Crippen LogP contribution in [0.5, 0.6) is 0 Å². The summed E-state index contributed by atoms with van der Waals surface area (Å²) in [5, 5.41) is 3.87. The number of hydrogen-bond acceptors (Lipinski definition) is 1. The van der Waals surface area contributed by atoms with Gasteiger partial charge in [0.15, 0.2) is 0 Å². The zero-order valence-corrected chi connectivity index (χ0v) is 16.0. The second-order valence-corrected chi connectivity index (χ2v) is 9.47. The van der Waals surface area contributed by atoms with E-state index in [0.717, 1.165) is 37.1 Å². The molecule has 0 radical (unpaired) electrons. The second-order valence-electron chi connectivity index (χ2n) is 6.85. The van der Waals surface area contributed by atoms with Gasteiger partial charge in [-0.2, -0.15) is 0 Å². The molecular weight excluding hydrogens is 446 g/mol. The molecule has 1 N–H and O–H groups in total. The van der Waals surface area contributed by atoms with Gasteiger partial charge in [0.05, 0.1) is 5.69 Å². The van der Waals surface area contributed by atoms with Crippen LogP contribution >= 0.6 is 47.8 Å². The first-order valence-corrected chi connectivity index (χ1v) is 9.89. The molecule has 1 nitrogen and oxygen atoms in total. The molecule has 0 aliphatic heterocycles. The van der Waals surface area contributed by atoms with Crippen molar-refractivity contribution in [1.82, 2.24) is 0 Å². The van der Waals surface area contributed by atoms with Crippen LogP contribution in [0, 0.1) is 23.7 Å². The molecule has 4 heteroatoms. The maximum absolute atomic E-state index is 3.87. The molecule has 4 aliphatic carbocycles. The lowest BCUT2D eigenvalue weighted by Gasteiger charge is -2.54. The third-order valence-electron chi connectivity index (χ3n) is 5.54. The molecule has 0 unspecified atom stereocenters. The van der Waals surface area contributed by atoms with E-state index >= 15 is 0 Å². The SMILES string of the molecule is Brc1cc(Br)c(NC2C3CC4CC(C3)CC2C4)c(Br)c1. The quantitative estimate of drug-likeness (QED) is 0.549. The minimum absolute atomic E-state index is 0.677. The number of hydrogen-bond donors (Lipinski definition) is 1. The first-order chi connectivity index (χ1) is 9.60. The molecule has 1 aromatic carbocycles. The lowest BCUT2D eigenvalue weighted by atomic mass is 9.54. The lowest BCUT2D eigenvalue weighted by Crippen LogP contribution is -2.51. The Morgan fingerprint density at radius 1 is 0.800 bits per heavy atom. The Hall–Kier alpha value is 0.460. The Labute approximate surface area is 145 Å². The average molecular weight is 464 g/mol. The van der Waals surface area contributed by atoms with Gasteiger partial charge in [-0.1, -0.05) is 15.9 Å². The fourth-order valence-corrected chi connectivity index (χ4v) is 7.50. The zero-order chi connectivity index (χ0) is 13.9. The smallest absolute Gasteiger partial charge is 0.0632 e. The maximum atomic E-state index is 3.87. The molecule has 4 fully saturated rings. The molecule has 0 aromatic heterocycles. The topological polar surface area (TPSA) is 12.0 Å². The molecule has 20 heavy (non-hydrogen) atoms. The highest BCUT2D eigenvalue weighted by Gasteiger charge is 2.48. The third-order valence-corrected chi connectivity index (χ3v) is 7.25. The first kappa shape index (κ1) is 14.1. The first-order valence-electron chi connectivity index (χ1n) is 7.51. The van der Waals surface area contributed by atoms with E-state index in [2.05, 4.69) is 65.2 Å². The minimum atomic E-state index is 0.677. The van der Waals surface area contributed by atoms with Crippen LogP contribution in [0.25, 0.3) is 0 Å². The summed E-state index contributed by atoms with van der Waals surface area (Å²) in [5.41, 5.74) is 1.23. The predicted molar refractivity (Wildman–Crippen MR) is 94.0 cm³/mol. The van der Waals surface area contributed by atoms with Gasteiger partial charge in [0.25, 0.3) is 0 Å². The van der Waals surface area contributed by atoms with Crippen LogP contribution in [0.2, 0.25) is 0 Å². The van der Waals surface area contributed by atoms with E-state index in [1.54, 1.807) is 0 Å². The molecule has 4 saturated carbocycles. The minimum Gasteiger partial charge on any atom is -0.380 e. The average Bonchev–Trinajstić information content (AvgIpc) is 2.35. The molecule has 4 bridgehead atoms. The van der Waals surface area contributed by atoms with Crippen LogP contribution in [0.15, 0.2) is 25.6 Å². The largest absolute Gasteiger partial charge is 0.380 e. The van der Waals surface area contributed by atoms with Gasteiger partial charge in [0.2, 0.25) is 0 Å². The molecule has 0 atom stereocenters. The van der Waals surface area contributed by atoms with Gasteiger partial charge in [-0.3, -0.25) is 0 Å². The van der Waals surface area contributed by atoms with Gasteiger partial charge < -0.3 is 5.32 Å². The van der Waals surface area contributed by atoms with Gasteiger partial charge in [-0.05, 0) is 99.8 Å². The molecule has 0 amide bonds. The van der Waals surface area contributed by atoms with E-state index in [0.29, 0.717) is 6.04 Å². The van der Waals surface area contributed by atoms with Gasteiger partial charge >= 0.3 is 0 Å². The summed E-state index contributed by atoms with van der Waals surface area (Å²) in [6.45, 7) is 0. The molecular formula is C16H18Br3N. The number of anilines is 1. The van der Waals surface area contributed by atoms with Crippen molar-refractivity contribution >= 4 is 53.5 Å². The van der Waals surface area contributed by atoms with Gasteiger partial charge in [0, 0.05) is 19.5 Å². The Kier molecular flexibility index (Phi) is 3.71. The van der Waals surface area contributed by atoms with Gasteiger partial charge in [-0.15, -0.1) is 0 Å². The van der Waals surface area contributed by atoms with Crippen LogP contribution in [0.3, 0.4) is 0 Å². The standard InChI is InChI=1S/C16H18Br3N/c17-12-6-13(18)16(14(19)7-12)20-15-10-2-8-1-9(4-10)5-11(15)3-8/h6-11,15,20H,1-5H2. The number of nitrogens with one attached hydrogen (secondary N) is 1. The number of benzene rings is 1. The number of rotatable bonds is 2. The Balaban J connectivity index is 1.61. The van der Waals surface area contributed by atoms with E-state index in [-0.39, 0.29) is 0 Å². The second kappa shape index (κ2) is 5.27. The molecule has 1 aromatic rings. The Morgan fingerprint density at radius 3 is 1.80 bits per heavy atom. The molecule has 0 heterocycles. The van der Waals surface area contributed by atoms with Crippen molar-refractivity contribution in [3.63, 3.8) is 0 Å². The van der Waals surface area contributed by atoms with Crippen molar-refractivity contribution in [3.05, 3.63) is 25.6 Å². The summed E-state index contributed by atoms with van der Waals surface area (Å²) < 4.78 is 3.40. The zero-order valence-electron chi connectivity index (χ0n) is 11.2. The third kappa shape index (κ3) is 2.40. The Morgan fingerprint density at radius 2 is 1.30 bits per heavy atom. The van der Waals surface area contributed by atoms with E-state index in [1.807, 2.05) is 0 Å². The highest BCUT2D eigenvalue weighted by atomic mass is 79.9. The van der Waals surface area contributed by atoms with Crippen molar-refractivity contribution in [1.29, 1.82) is 0 Å². The van der Waals surface area contributed by atoms with Crippen molar-refractivity contribution in [2.24, 2.45) is 23.7 Å². The molecule has 4 aliphatic rings. The lowest BCUT2D eigenvalue weighted by molar-refractivity contribution is 0.00750. The van der Waals surface area contributed by atoms with Crippen molar-refractivity contribution in [2.45, 2.75) is 38.1 Å². The van der Waals surface area contributed by atoms with E-state index in [9.17, 15) is 0 Å². The van der Waals surface area contributed by atoms with E-state index in [1.165, 1.54) is 37.8 Å². The normalized spacial score (nSPS) is 38.2. The fourth-order valence-electron chi connectivity index (χ4n) is 5.01. The Bertz CT molecular complexity index is 492. The van der Waals surface area contributed by atoms with Crippen molar-refractivity contribution in [3.8, 4) is 0 Å². The fraction of sp³-hybridized carbons (Fsp3) is 0.625. The van der Waals surface area contributed by atoms with E-state index < -0.39 is 0 Å². The summed E-state index contributed by atoms with van der Waals surface area (Å²) in [7, 11) is 0. The molecule has 5 rings (SSSR count). The van der Waals surface area contributed by atoms with Crippen LogP contribution in [0.1, 0.15) is 32.1 Å². The van der Waals surface area contributed by atoms with Gasteiger partial charge in [0.1, 0.15) is 0 Å². The van der Waals surface area contributed by atoms with Gasteiger partial charge in [-0.25, -0.2) is 0 Å². The molecule has 0 spiro atoms.